The smallest absolute Gasteiger partial charge is 0.406 e. The van der Waals surface area contributed by atoms with Crippen molar-refractivity contribution in [1.82, 2.24) is 4.90 Å². The van der Waals surface area contributed by atoms with Gasteiger partial charge in [0.15, 0.2) is 0 Å². The third-order valence-corrected chi connectivity index (χ3v) is 3.32. The highest BCUT2D eigenvalue weighted by Gasteiger charge is 2.31. The third-order valence-electron chi connectivity index (χ3n) is 3.32. The van der Waals surface area contributed by atoms with Gasteiger partial charge in [-0.15, -0.1) is 13.2 Å². The highest BCUT2D eigenvalue weighted by Crippen LogP contribution is 2.23. The molecule has 1 fully saturated rings. The van der Waals surface area contributed by atoms with Gasteiger partial charge in [0.25, 0.3) is 0 Å². The SMILES string of the molecule is NC1CCCN(C(=O)Cc2ccc(OC(F)(F)F)cc2)C1. The summed E-state index contributed by atoms with van der Waals surface area (Å²) in [4.78, 5) is 13.8. The molecule has 0 aromatic heterocycles. The number of benzene rings is 1. The van der Waals surface area contributed by atoms with Crippen LogP contribution in [0.1, 0.15) is 18.4 Å². The average Bonchev–Trinajstić information content (AvgIpc) is 2.39. The fourth-order valence-corrected chi connectivity index (χ4v) is 2.33. The summed E-state index contributed by atoms with van der Waals surface area (Å²) < 4.78 is 39.9. The number of carbonyl (C=O) groups is 1. The average molecular weight is 302 g/mol. The maximum absolute atomic E-state index is 12.1. The van der Waals surface area contributed by atoms with E-state index in [1.54, 1.807) is 4.90 Å². The summed E-state index contributed by atoms with van der Waals surface area (Å²) in [6.07, 6.45) is -2.77. The number of halogens is 3. The van der Waals surface area contributed by atoms with E-state index in [0.717, 1.165) is 12.8 Å². The second kappa shape index (κ2) is 6.34. The summed E-state index contributed by atoms with van der Waals surface area (Å²) in [6.45, 7) is 1.22. The highest BCUT2D eigenvalue weighted by atomic mass is 19.4. The van der Waals surface area contributed by atoms with Gasteiger partial charge in [-0.1, -0.05) is 12.1 Å². The normalized spacial score (nSPS) is 19.4. The number of carbonyl (C=O) groups excluding carboxylic acids is 1. The quantitative estimate of drug-likeness (QED) is 0.930. The number of rotatable bonds is 3. The largest absolute Gasteiger partial charge is 0.573 e. The van der Waals surface area contributed by atoms with Crippen molar-refractivity contribution in [3.63, 3.8) is 0 Å². The number of alkyl halides is 3. The van der Waals surface area contributed by atoms with Gasteiger partial charge in [0.05, 0.1) is 6.42 Å². The number of nitrogens with zero attached hydrogens (tertiary/aromatic N) is 1. The Morgan fingerprint density at radius 2 is 2.00 bits per heavy atom. The van der Waals surface area contributed by atoms with Gasteiger partial charge in [-0.2, -0.15) is 0 Å². The van der Waals surface area contributed by atoms with Gasteiger partial charge in [-0.25, -0.2) is 0 Å². The van der Waals surface area contributed by atoms with Crippen LogP contribution in [0.5, 0.6) is 5.75 Å². The molecule has 1 aromatic rings. The first kappa shape index (κ1) is 15.6. The zero-order valence-corrected chi connectivity index (χ0v) is 11.4. The molecule has 1 atom stereocenters. The number of hydrogen-bond acceptors (Lipinski definition) is 3. The molecule has 1 saturated heterocycles. The van der Waals surface area contributed by atoms with Crippen LogP contribution >= 0.6 is 0 Å². The summed E-state index contributed by atoms with van der Waals surface area (Å²) in [5, 5.41) is 0. The molecule has 0 aliphatic carbocycles. The Hall–Kier alpha value is -1.76. The predicted molar refractivity (Wildman–Crippen MR) is 70.6 cm³/mol. The van der Waals surface area contributed by atoms with E-state index in [1.165, 1.54) is 24.3 Å². The summed E-state index contributed by atoms with van der Waals surface area (Å²) in [5.41, 5.74) is 6.46. The van der Waals surface area contributed by atoms with Crippen LogP contribution in [-0.4, -0.2) is 36.3 Å². The van der Waals surface area contributed by atoms with Crippen molar-refractivity contribution in [2.45, 2.75) is 31.7 Å². The molecule has 0 bridgehead atoms. The van der Waals surface area contributed by atoms with Crippen molar-refractivity contribution in [1.29, 1.82) is 0 Å². The number of hydrogen-bond donors (Lipinski definition) is 1. The van der Waals surface area contributed by atoms with Gasteiger partial charge in [-0.3, -0.25) is 4.79 Å². The lowest BCUT2D eigenvalue weighted by molar-refractivity contribution is -0.274. The minimum Gasteiger partial charge on any atom is -0.406 e. The molecule has 1 amide bonds. The maximum atomic E-state index is 12.1. The van der Waals surface area contributed by atoms with Crippen LogP contribution in [-0.2, 0) is 11.2 Å². The van der Waals surface area contributed by atoms with Gasteiger partial charge in [0.2, 0.25) is 5.91 Å². The first-order valence-corrected chi connectivity index (χ1v) is 6.71. The van der Waals surface area contributed by atoms with Crippen LogP contribution in [0.3, 0.4) is 0 Å². The molecule has 1 aliphatic rings. The number of amides is 1. The Morgan fingerprint density at radius 3 is 2.57 bits per heavy atom. The Balaban J connectivity index is 1.92. The molecule has 21 heavy (non-hydrogen) atoms. The van der Waals surface area contributed by atoms with Crippen LogP contribution in [0.2, 0.25) is 0 Å². The molecule has 1 unspecified atom stereocenters. The third kappa shape index (κ3) is 4.93. The van der Waals surface area contributed by atoms with Crippen LogP contribution < -0.4 is 10.5 Å². The molecule has 0 saturated carbocycles. The zero-order chi connectivity index (χ0) is 15.5. The second-order valence-electron chi connectivity index (χ2n) is 5.11. The van der Waals surface area contributed by atoms with E-state index in [9.17, 15) is 18.0 Å². The molecule has 1 aliphatic heterocycles. The van der Waals surface area contributed by atoms with Crippen molar-refractivity contribution in [2.75, 3.05) is 13.1 Å². The second-order valence-corrected chi connectivity index (χ2v) is 5.11. The van der Waals surface area contributed by atoms with E-state index in [1.807, 2.05) is 0 Å². The van der Waals surface area contributed by atoms with Crippen LogP contribution in [0.15, 0.2) is 24.3 Å². The minimum atomic E-state index is -4.71. The Kier molecular flexibility index (Phi) is 4.72. The van der Waals surface area contributed by atoms with E-state index >= 15 is 0 Å². The Morgan fingerprint density at radius 1 is 1.33 bits per heavy atom. The van der Waals surface area contributed by atoms with Crippen LogP contribution in [0.4, 0.5) is 13.2 Å². The van der Waals surface area contributed by atoms with Crippen molar-refractivity contribution < 1.29 is 22.7 Å². The van der Waals surface area contributed by atoms with Gasteiger partial charge in [0.1, 0.15) is 5.75 Å². The molecular weight excluding hydrogens is 285 g/mol. The van der Waals surface area contributed by atoms with E-state index in [4.69, 9.17) is 5.73 Å². The van der Waals surface area contributed by atoms with Gasteiger partial charge in [-0.05, 0) is 30.5 Å². The van der Waals surface area contributed by atoms with Crippen molar-refractivity contribution in [3.05, 3.63) is 29.8 Å². The lowest BCUT2D eigenvalue weighted by atomic mass is 10.1. The number of nitrogens with two attached hydrogens (primary N) is 1. The van der Waals surface area contributed by atoms with E-state index in [2.05, 4.69) is 4.74 Å². The van der Waals surface area contributed by atoms with E-state index in [-0.39, 0.29) is 24.1 Å². The monoisotopic (exact) mass is 302 g/mol. The molecule has 1 heterocycles. The van der Waals surface area contributed by atoms with Gasteiger partial charge >= 0.3 is 6.36 Å². The fraction of sp³-hybridized carbons (Fsp3) is 0.500. The molecule has 0 spiro atoms. The molecule has 4 nitrogen and oxygen atoms in total. The predicted octanol–water partition coefficient (Wildman–Crippen LogP) is 2.08. The highest BCUT2D eigenvalue weighted by molar-refractivity contribution is 5.79. The van der Waals surface area contributed by atoms with E-state index in [0.29, 0.717) is 18.7 Å². The summed E-state index contributed by atoms with van der Waals surface area (Å²) in [7, 11) is 0. The van der Waals surface area contributed by atoms with E-state index < -0.39 is 6.36 Å². The van der Waals surface area contributed by atoms with Gasteiger partial charge in [0, 0.05) is 19.1 Å². The summed E-state index contributed by atoms with van der Waals surface area (Å²) >= 11 is 0. The topological polar surface area (TPSA) is 55.6 Å². The lowest BCUT2D eigenvalue weighted by Gasteiger charge is -2.30. The molecule has 7 heteroatoms. The molecule has 116 valence electrons. The Bertz CT molecular complexity index is 488. The Labute approximate surface area is 120 Å². The molecule has 0 radical (unpaired) electrons. The standard InChI is InChI=1S/C14H17F3N2O2/c15-14(16,17)21-12-5-3-10(4-6-12)8-13(20)19-7-1-2-11(18)9-19/h3-6,11H,1-2,7-9,18H2. The van der Waals surface area contributed by atoms with Crippen LogP contribution in [0, 0.1) is 0 Å². The molecule has 1 aromatic carbocycles. The lowest BCUT2D eigenvalue weighted by Crippen LogP contribution is -2.46. The van der Waals surface area contributed by atoms with Crippen LogP contribution in [0.25, 0.3) is 0 Å². The van der Waals surface area contributed by atoms with Crippen molar-refractivity contribution >= 4 is 5.91 Å². The van der Waals surface area contributed by atoms with Crippen molar-refractivity contribution in [3.8, 4) is 5.75 Å². The fourth-order valence-electron chi connectivity index (χ4n) is 2.33. The molecular formula is C14H17F3N2O2. The van der Waals surface area contributed by atoms with Crippen molar-refractivity contribution in [2.24, 2.45) is 5.73 Å². The molecule has 2 rings (SSSR count). The number of ether oxygens (including phenoxy) is 1. The zero-order valence-electron chi connectivity index (χ0n) is 11.4. The minimum absolute atomic E-state index is 0.00487. The summed E-state index contributed by atoms with van der Waals surface area (Å²) in [5.74, 6) is -0.353. The molecule has 2 N–H and O–H groups in total. The number of piperidine rings is 1. The first-order valence-electron chi connectivity index (χ1n) is 6.71. The number of likely N-dealkylation sites (tertiary alicyclic amines) is 1. The van der Waals surface area contributed by atoms with Gasteiger partial charge < -0.3 is 15.4 Å². The summed E-state index contributed by atoms with van der Waals surface area (Å²) in [6, 6.07) is 5.34. The maximum Gasteiger partial charge on any atom is 0.573 e. The first-order chi connectivity index (χ1) is 9.83.